The molecule has 0 amide bonds. The maximum Gasteiger partial charge on any atom is 0.119 e. The van der Waals surface area contributed by atoms with Gasteiger partial charge in [-0.25, -0.2) is 0 Å². The molecular weight excluding hydrogens is 308 g/mol. The maximum atomic E-state index is 5.84. The Morgan fingerprint density at radius 1 is 0.826 bits per heavy atom. The van der Waals surface area contributed by atoms with E-state index in [4.69, 9.17) is 21.1 Å². The van der Waals surface area contributed by atoms with Crippen molar-refractivity contribution in [1.29, 1.82) is 0 Å². The standard InChI is InChI=1S/C20H27ClO2/c1-16(2)15-23-20-10-8-17-13-19(9-7-18(17)14-20)22-12-6-4-3-5-11-21/h7-10,13-14,16H,3-6,11-12,15H2,1-2H3. The molecule has 0 aliphatic rings. The lowest BCUT2D eigenvalue weighted by molar-refractivity contribution is 0.271. The third-order valence-electron chi connectivity index (χ3n) is 3.66. The molecule has 0 saturated heterocycles. The predicted octanol–water partition coefficient (Wildman–Crippen LogP) is 6.05. The highest BCUT2D eigenvalue weighted by Gasteiger charge is 2.02. The number of hydrogen-bond acceptors (Lipinski definition) is 2. The first-order valence-corrected chi connectivity index (χ1v) is 9.08. The van der Waals surface area contributed by atoms with Crippen molar-refractivity contribution in [3.8, 4) is 11.5 Å². The van der Waals surface area contributed by atoms with Crippen molar-refractivity contribution < 1.29 is 9.47 Å². The van der Waals surface area contributed by atoms with Gasteiger partial charge >= 0.3 is 0 Å². The fourth-order valence-electron chi connectivity index (χ4n) is 2.38. The number of unbranched alkanes of at least 4 members (excludes halogenated alkanes) is 3. The zero-order valence-corrected chi connectivity index (χ0v) is 14.9. The van der Waals surface area contributed by atoms with Crippen LogP contribution < -0.4 is 9.47 Å². The summed E-state index contributed by atoms with van der Waals surface area (Å²) in [6, 6.07) is 12.4. The Hall–Kier alpha value is -1.41. The van der Waals surface area contributed by atoms with Crippen LogP contribution in [0.2, 0.25) is 0 Å². The molecule has 0 N–H and O–H groups in total. The van der Waals surface area contributed by atoms with E-state index < -0.39 is 0 Å². The third-order valence-corrected chi connectivity index (χ3v) is 3.93. The first-order valence-electron chi connectivity index (χ1n) is 8.54. The van der Waals surface area contributed by atoms with E-state index in [1.54, 1.807) is 0 Å². The summed E-state index contributed by atoms with van der Waals surface area (Å²) in [6.07, 6.45) is 4.54. The van der Waals surface area contributed by atoms with Crippen LogP contribution in [0, 0.1) is 5.92 Å². The van der Waals surface area contributed by atoms with Crippen LogP contribution in [0.3, 0.4) is 0 Å². The number of rotatable bonds is 10. The SMILES string of the molecule is CC(C)COc1ccc2cc(OCCCCCCCl)ccc2c1. The molecule has 23 heavy (non-hydrogen) atoms. The lowest BCUT2D eigenvalue weighted by atomic mass is 10.1. The van der Waals surface area contributed by atoms with Crippen molar-refractivity contribution in [2.75, 3.05) is 19.1 Å². The van der Waals surface area contributed by atoms with Crippen LogP contribution in [-0.2, 0) is 0 Å². The van der Waals surface area contributed by atoms with Gasteiger partial charge in [0.05, 0.1) is 13.2 Å². The molecule has 0 spiro atoms. The van der Waals surface area contributed by atoms with E-state index in [1.165, 1.54) is 23.6 Å². The molecule has 0 aromatic heterocycles. The molecule has 126 valence electrons. The summed E-state index contributed by atoms with van der Waals surface area (Å²) in [6.45, 7) is 5.82. The highest BCUT2D eigenvalue weighted by atomic mass is 35.5. The Balaban J connectivity index is 1.88. The van der Waals surface area contributed by atoms with Gasteiger partial charge in [0, 0.05) is 5.88 Å². The second-order valence-electron chi connectivity index (χ2n) is 6.33. The molecule has 0 aliphatic carbocycles. The number of benzene rings is 2. The Morgan fingerprint density at radius 3 is 2.04 bits per heavy atom. The minimum atomic E-state index is 0.533. The third kappa shape index (κ3) is 6.31. The van der Waals surface area contributed by atoms with Gasteiger partial charge in [0.2, 0.25) is 0 Å². The van der Waals surface area contributed by atoms with Crippen molar-refractivity contribution in [1.82, 2.24) is 0 Å². The Morgan fingerprint density at radius 2 is 1.43 bits per heavy atom. The van der Waals surface area contributed by atoms with Gasteiger partial charge in [0.1, 0.15) is 11.5 Å². The van der Waals surface area contributed by atoms with Gasteiger partial charge in [-0.3, -0.25) is 0 Å². The summed E-state index contributed by atoms with van der Waals surface area (Å²) in [7, 11) is 0. The molecule has 0 fully saturated rings. The number of halogens is 1. The van der Waals surface area contributed by atoms with Crippen LogP contribution in [0.5, 0.6) is 11.5 Å². The van der Waals surface area contributed by atoms with E-state index in [2.05, 4.69) is 38.1 Å². The largest absolute Gasteiger partial charge is 0.494 e. The number of hydrogen-bond donors (Lipinski definition) is 0. The molecule has 0 heterocycles. The van der Waals surface area contributed by atoms with Gasteiger partial charge in [0.25, 0.3) is 0 Å². The van der Waals surface area contributed by atoms with E-state index in [0.717, 1.165) is 43.4 Å². The maximum absolute atomic E-state index is 5.84. The van der Waals surface area contributed by atoms with Crippen LogP contribution in [0.15, 0.2) is 36.4 Å². The Labute approximate surface area is 144 Å². The van der Waals surface area contributed by atoms with Crippen LogP contribution in [0.1, 0.15) is 39.5 Å². The van der Waals surface area contributed by atoms with Crippen molar-refractivity contribution in [3.63, 3.8) is 0 Å². The van der Waals surface area contributed by atoms with E-state index >= 15 is 0 Å². The molecule has 0 saturated carbocycles. The molecule has 0 radical (unpaired) electrons. The molecule has 2 rings (SSSR count). The fourth-order valence-corrected chi connectivity index (χ4v) is 2.57. The monoisotopic (exact) mass is 334 g/mol. The molecule has 0 aliphatic heterocycles. The lowest BCUT2D eigenvalue weighted by Gasteiger charge is -2.10. The molecular formula is C20H27ClO2. The molecule has 2 nitrogen and oxygen atoms in total. The van der Waals surface area contributed by atoms with Crippen LogP contribution in [0.4, 0.5) is 0 Å². The Kier molecular flexibility index (Phi) is 7.54. The van der Waals surface area contributed by atoms with Gasteiger partial charge in [-0.2, -0.15) is 0 Å². The first-order chi connectivity index (χ1) is 11.2. The number of fused-ring (bicyclic) bond motifs is 1. The quantitative estimate of drug-likeness (QED) is 0.389. The highest BCUT2D eigenvalue weighted by Crippen LogP contribution is 2.25. The minimum Gasteiger partial charge on any atom is -0.494 e. The van der Waals surface area contributed by atoms with E-state index in [0.29, 0.717) is 5.92 Å². The van der Waals surface area contributed by atoms with E-state index in [9.17, 15) is 0 Å². The lowest BCUT2D eigenvalue weighted by Crippen LogP contribution is -2.04. The highest BCUT2D eigenvalue weighted by molar-refractivity contribution is 6.17. The summed E-state index contributed by atoms with van der Waals surface area (Å²) in [5, 5.41) is 2.36. The zero-order chi connectivity index (χ0) is 16.5. The summed E-state index contributed by atoms with van der Waals surface area (Å²) >= 11 is 5.67. The number of ether oxygens (including phenoxy) is 2. The van der Waals surface area contributed by atoms with Gasteiger partial charge < -0.3 is 9.47 Å². The number of alkyl halides is 1. The smallest absolute Gasteiger partial charge is 0.119 e. The second kappa shape index (κ2) is 9.67. The van der Waals surface area contributed by atoms with Gasteiger partial charge in [-0.1, -0.05) is 38.8 Å². The predicted molar refractivity (Wildman–Crippen MR) is 99.0 cm³/mol. The molecule has 0 unspecified atom stereocenters. The zero-order valence-electron chi connectivity index (χ0n) is 14.2. The summed E-state index contributed by atoms with van der Waals surface area (Å²) in [5.41, 5.74) is 0. The Bertz CT molecular complexity index is 595. The summed E-state index contributed by atoms with van der Waals surface area (Å²) < 4.78 is 11.6. The normalized spacial score (nSPS) is 11.1. The summed E-state index contributed by atoms with van der Waals surface area (Å²) in [4.78, 5) is 0. The van der Waals surface area contributed by atoms with Crippen molar-refractivity contribution >= 4 is 22.4 Å². The average molecular weight is 335 g/mol. The first kappa shape index (κ1) is 17.9. The van der Waals surface area contributed by atoms with Gasteiger partial charge in [0.15, 0.2) is 0 Å². The summed E-state index contributed by atoms with van der Waals surface area (Å²) in [5.74, 6) is 3.16. The second-order valence-corrected chi connectivity index (χ2v) is 6.71. The van der Waals surface area contributed by atoms with E-state index in [1.807, 2.05) is 12.1 Å². The fraction of sp³-hybridized carbons (Fsp3) is 0.500. The molecule has 3 heteroatoms. The molecule has 2 aromatic rings. The molecule has 2 aromatic carbocycles. The van der Waals surface area contributed by atoms with Gasteiger partial charge in [-0.15, -0.1) is 11.6 Å². The average Bonchev–Trinajstić information content (AvgIpc) is 2.56. The molecule has 0 bridgehead atoms. The topological polar surface area (TPSA) is 18.5 Å². The van der Waals surface area contributed by atoms with Crippen LogP contribution in [0.25, 0.3) is 10.8 Å². The van der Waals surface area contributed by atoms with Crippen LogP contribution >= 0.6 is 11.6 Å². The van der Waals surface area contributed by atoms with Crippen molar-refractivity contribution in [3.05, 3.63) is 36.4 Å². The van der Waals surface area contributed by atoms with E-state index in [-0.39, 0.29) is 0 Å². The molecule has 0 atom stereocenters. The van der Waals surface area contributed by atoms with Crippen LogP contribution in [-0.4, -0.2) is 19.1 Å². The van der Waals surface area contributed by atoms with Crippen molar-refractivity contribution in [2.24, 2.45) is 5.92 Å². The minimum absolute atomic E-state index is 0.533. The van der Waals surface area contributed by atoms with Crippen molar-refractivity contribution in [2.45, 2.75) is 39.5 Å². The van der Waals surface area contributed by atoms with Gasteiger partial charge in [-0.05, 0) is 53.8 Å².